The van der Waals surface area contributed by atoms with Crippen molar-refractivity contribution in [2.75, 3.05) is 23.4 Å². The zero-order valence-corrected chi connectivity index (χ0v) is 13.5. The lowest BCUT2D eigenvalue weighted by molar-refractivity contribution is -0.122. The summed E-state index contributed by atoms with van der Waals surface area (Å²) < 4.78 is 0. The van der Waals surface area contributed by atoms with Crippen LogP contribution >= 0.6 is 0 Å². The summed E-state index contributed by atoms with van der Waals surface area (Å²) in [7, 11) is 1.75. The molecule has 0 unspecified atom stereocenters. The monoisotopic (exact) mass is 308 g/mol. The first-order valence-corrected chi connectivity index (χ1v) is 7.78. The van der Waals surface area contributed by atoms with Crippen molar-refractivity contribution in [3.8, 4) is 0 Å². The van der Waals surface area contributed by atoms with E-state index in [9.17, 15) is 9.59 Å². The maximum Gasteiger partial charge on any atom is 0.246 e. The molecule has 0 saturated carbocycles. The lowest BCUT2D eigenvalue weighted by atomic mass is 10.0. The molecule has 0 spiro atoms. The van der Waals surface area contributed by atoms with E-state index < -0.39 is 0 Å². The van der Waals surface area contributed by atoms with Crippen LogP contribution in [0.2, 0.25) is 0 Å². The molecule has 0 bridgehead atoms. The molecule has 1 aliphatic rings. The molecule has 1 aliphatic heterocycles. The Bertz CT molecular complexity index is 755. The Balaban J connectivity index is 1.79. The molecule has 0 aromatic heterocycles. The van der Waals surface area contributed by atoms with Gasteiger partial charge in [-0.3, -0.25) is 9.59 Å². The summed E-state index contributed by atoms with van der Waals surface area (Å²) in [6, 6.07) is 15.6. The zero-order chi connectivity index (χ0) is 16.4. The highest BCUT2D eigenvalue weighted by Crippen LogP contribution is 2.32. The van der Waals surface area contributed by atoms with Crippen LogP contribution in [0.3, 0.4) is 0 Å². The summed E-state index contributed by atoms with van der Waals surface area (Å²) in [5.74, 6) is -0.0740. The van der Waals surface area contributed by atoms with Gasteiger partial charge in [0.25, 0.3) is 0 Å². The maximum atomic E-state index is 12.7. The Labute approximate surface area is 136 Å². The molecular weight excluding hydrogens is 288 g/mol. The van der Waals surface area contributed by atoms with Crippen molar-refractivity contribution in [1.29, 1.82) is 0 Å². The minimum absolute atomic E-state index is 0.0119. The number of benzene rings is 2. The quantitative estimate of drug-likeness (QED) is 0.874. The van der Waals surface area contributed by atoms with E-state index in [2.05, 4.69) is 13.0 Å². The van der Waals surface area contributed by atoms with Crippen LogP contribution in [0.25, 0.3) is 0 Å². The largest absolute Gasteiger partial charge is 0.312 e. The fraction of sp³-hybridized carbons (Fsp3) is 0.263. The molecule has 2 aromatic carbocycles. The Morgan fingerprint density at radius 3 is 2.43 bits per heavy atom. The van der Waals surface area contributed by atoms with Crippen molar-refractivity contribution in [1.82, 2.24) is 0 Å². The Morgan fingerprint density at radius 2 is 1.70 bits per heavy atom. The summed E-state index contributed by atoms with van der Waals surface area (Å²) >= 11 is 0. The highest BCUT2D eigenvalue weighted by molar-refractivity contribution is 6.10. The van der Waals surface area contributed by atoms with Crippen LogP contribution in [0, 0.1) is 6.92 Å². The van der Waals surface area contributed by atoms with Gasteiger partial charge in [-0.25, -0.2) is 0 Å². The predicted molar refractivity (Wildman–Crippen MR) is 91.7 cm³/mol. The van der Waals surface area contributed by atoms with Gasteiger partial charge in [-0.2, -0.15) is 0 Å². The molecule has 0 radical (unpaired) electrons. The molecule has 3 rings (SSSR count). The highest BCUT2D eigenvalue weighted by Gasteiger charge is 2.29. The number of nitrogens with zero attached hydrogens (tertiary/aromatic N) is 2. The second kappa shape index (κ2) is 6.24. The molecule has 4 heteroatoms. The van der Waals surface area contributed by atoms with Crippen LogP contribution in [-0.2, 0) is 16.0 Å². The van der Waals surface area contributed by atoms with E-state index >= 15 is 0 Å². The van der Waals surface area contributed by atoms with E-state index in [0.29, 0.717) is 12.8 Å². The zero-order valence-electron chi connectivity index (χ0n) is 13.5. The number of carbonyl (C=O) groups is 2. The number of amides is 2. The van der Waals surface area contributed by atoms with Crippen LogP contribution in [0.5, 0.6) is 0 Å². The number of rotatable bonds is 3. The van der Waals surface area contributed by atoms with Gasteiger partial charge in [0.1, 0.15) is 6.54 Å². The molecule has 2 aromatic rings. The summed E-state index contributed by atoms with van der Waals surface area (Å²) in [5.41, 5.74) is 3.96. The van der Waals surface area contributed by atoms with Crippen LogP contribution in [0.4, 0.5) is 11.4 Å². The molecule has 23 heavy (non-hydrogen) atoms. The molecule has 0 fully saturated rings. The van der Waals surface area contributed by atoms with Gasteiger partial charge in [0.15, 0.2) is 0 Å². The minimum atomic E-state index is -0.0621. The van der Waals surface area contributed by atoms with Crippen LogP contribution in [0.15, 0.2) is 48.5 Å². The van der Waals surface area contributed by atoms with Crippen molar-refractivity contribution in [2.45, 2.75) is 19.8 Å². The minimum Gasteiger partial charge on any atom is -0.312 e. The predicted octanol–water partition coefficient (Wildman–Crippen LogP) is 2.94. The number of hydrogen-bond donors (Lipinski definition) is 0. The molecule has 2 amide bonds. The molecule has 0 N–H and O–H groups in total. The van der Waals surface area contributed by atoms with E-state index in [1.54, 1.807) is 16.8 Å². The van der Waals surface area contributed by atoms with E-state index in [4.69, 9.17) is 0 Å². The van der Waals surface area contributed by atoms with Crippen molar-refractivity contribution in [2.24, 2.45) is 0 Å². The van der Waals surface area contributed by atoms with Gasteiger partial charge >= 0.3 is 0 Å². The van der Waals surface area contributed by atoms with Gasteiger partial charge in [0.05, 0.1) is 11.4 Å². The summed E-state index contributed by atoms with van der Waals surface area (Å²) in [5, 5.41) is 0. The fourth-order valence-electron chi connectivity index (χ4n) is 2.93. The molecule has 1 heterocycles. The lowest BCUT2D eigenvalue weighted by Crippen LogP contribution is -2.46. The topological polar surface area (TPSA) is 40.6 Å². The molecular formula is C19H20N2O2. The summed E-state index contributed by atoms with van der Waals surface area (Å²) in [4.78, 5) is 28.0. The van der Waals surface area contributed by atoms with Crippen molar-refractivity contribution < 1.29 is 9.59 Å². The normalized spacial score (nSPS) is 13.9. The van der Waals surface area contributed by atoms with Crippen molar-refractivity contribution >= 4 is 23.2 Å². The van der Waals surface area contributed by atoms with E-state index in [1.807, 2.05) is 42.5 Å². The first kappa shape index (κ1) is 15.3. The summed E-state index contributed by atoms with van der Waals surface area (Å²) in [6.07, 6.45) is 1.09. The van der Waals surface area contributed by atoms with Gasteiger partial charge in [0, 0.05) is 13.5 Å². The summed E-state index contributed by atoms with van der Waals surface area (Å²) in [6.45, 7) is 2.16. The fourth-order valence-corrected chi connectivity index (χ4v) is 2.93. The second-order valence-electron chi connectivity index (χ2n) is 5.85. The third-order valence-electron chi connectivity index (χ3n) is 4.37. The van der Waals surface area contributed by atoms with Crippen LogP contribution in [-0.4, -0.2) is 25.4 Å². The maximum absolute atomic E-state index is 12.7. The number of para-hydroxylation sites is 2. The standard InChI is InChI=1S/C19H20N2O2/c1-14-7-3-4-8-15(14)11-12-18(22)21-13-19(23)20(2)16-9-5-6-10-17(16)21/h3-10H,11-13H2,1-2H3. The average molecular weight is 308 g/mol. The van der Waals surface area contributed by atoms with Crippen molar-refractivity contribution in [3.05, 3.63) is 59.7 Å². The van der Waals surface area contributed by atoms with Crippen LogP contribution in [0.1, 0.15) is 17.5 Å². The van der Waals surface area contributed by atoms with Gasteiger partial charge < -0.3 is 9.80 Å². The van der Waals surface area contributed by atoms with E-state index in [-0.39, 0.29) is 18.4 Å². The van der Waals surface area contributed by atoms with Gasteiger partial charge in [0.2, 0.25) is 11.8 Å². The third-order valence-corrected chi connectivity index (χ3v) is 4.37. The molecule has 0 aliphatic carbocycles. The van der Waals surface area contributed by atoms with Gasteiger partial charge in [-0.15, -0.1) is 0 Å². The Hall–Kier alpha value is -2.62. The van der Waals surface area contributed by atoms with Gasteiger partial charge in [-0.1, -0.05) is 36.4 Å². The second-order valence-corrected chi connectivity index (χ2v) is 5.85. The number of hydrogen-bond acceptors (Lipinski definition) is 2. The Morgan fingerprint density at radius 1 is 1.04 bits per heavy atom. The van der Waals surface area contributed by atoms with E-state index in [0.717, 1.165) is 11.4 Å². The van der Waals surface area contributed by atoms with E-state index in [1.165, 1.54) is 11.1 Å². The molecule has 4 nitrogen and oxygen atoms in total. The third kappa shape index (κ3) is 2.97. The Kier molecular flexibility index (Phi) is 4.15. The van der Waals surface area contributed by atoms with Crippen LogP contribution < -0.4 is 9.80 Å². The van der Waals surface area contributed by atoms with Gasteiger partial charge in [-0.05, 0) is 36.6 Å². The number of fused-ring (bicyclic) bond motifs is 1. The first-order chi connectivity index (χ1) is 11.1. The molecule has 118 valence electrons. The number of likely N-dealkylation sites (N-methyl/N-ethyl adjacent to an activating group) is 1. The number of aryl methyl sites for hydroxylation is 2. The first-order valence-electron chi connectivity index (χ1n) is 7.78. The smallest absolute Gasteiger partial charge is 0.246 e. The molecule has 0 atom stereocenters. The number of carbonyl (C=O) groups excluding carboxylic acids is 2. The lowest BCUT2D eigenvalue weighted by Gasteiger charge is -2.34. The van der Waals surface area contributed by atoms with Crippen molar-refractivity contribution in [3.63, 3.8) is 0 Å². The highest BCUT2D eigenvalue weighted by atomic mass is 16.2. The number of anilines is 2. The average Bonchev–Trinajstić information content (AvgIpc) is 2.57. The SMILES string of the molecule is Cc1ccccc1CCC(=O)N1CC(=O)N(C)c2ccccc21. The molecule has 0 saturated heterocycles.